The maximum Gasteiger partial charge on any atom is 0.176 e. The van der Waals surface area contributed by atoms with Crippen LogP contribution in [0.25, 0.3) is 11.0 Å². The zero-order valence-corrected chi connectivity index (χ0v) is 11.2. The molecule has 1 aromatic heterocycles. The molecular formula is C13H19N3O2. The summed E-state index contributed by atoms with van der Waals surface area (Å²) in [7, 11) is 3.27. The van der Waals surface area contributed by atoms with Crippen LogP contribution in [0.2, 0.25) is 0 Å². The van der Waals surface area contributed by atoms with Gasteiger partial charge in [0.2, 0.25) is 0 Å². The van der Waals surface area contributed by atoms with E-state index in [0.29, 0.717) is 0 Å². The van der Waals surface area contributed by atoms with Gasteiger partial charge in [-0.25, -0.2) is 4.98 Å². The molecule has 0 saturated carbocycles. The minimum absolute atomic E-state index is 0.0569. The first-order chi connectivity index (χ1) is 8.63. The Morgan fingerprint density at radius 3 is 2.67 bits per heavy atom. The Morgan fingerprint density at radius 2 is 2.00 bits per heavy atom. The number of aryl methyl sites for hydroxylation is 1. The molecule has 0 bridgehead atoms. The van der Waals surface area contributed by atoms with E-state index >= 15 is 0 Å². The molecule has 98 valence electrons. The summed E-state index contributed by atoms with van der Waals surface area (Å²) in [5.74, 6) is 0.918. The Labute approximate surface area is 107 Å². The molecule has 0 aliphatic carbocycles. The molecule has 5 heteroatoms. The summed E-state index contributed by atoms with van der Waals surface area (Å²) in [5.41, 5.74) is 3.01. The van der Waals surface area contributed by atoms with Crippen molar-refractivity contribution in [3.63, 3.8) is 0 Å². The summed E-state index contributed by atoms with van der Waals surface area (Å²) >= 11 is 0. The Bertz CT molecular complexity index is 520. The number of hydrogen-bond acceptors (Lipinski definition) is 4. The fraction of sp³-hybridized carbons (Fsp3) is 0.462. The Kier molecular flexibility index (Phi) is 3.84. The van der Waals surface area contributed by atoms with Gasteiger partial charge in [0.1, 0.15) is 5.82 Å². The van der Waals surface area contributed by atoms with Crippen LogP contribution in [0.5, 0.6) is 0 Å². The molecule has 0 spiro atoms. The van der Waals surface area contributed by atoms with E-state index in [1.807, 2.05) is 32.0 Å². The molecular weight excluding hydrogens is 230 g/mol. The highest BCUT2D eigenvalue weighted by Crippen LogP contribution is 2.18. The summed E-state index contributed by atoms with van der Waals surface area (Å²) in [6, 6.07) is 6.08. The second-order valence-electron chi connectivity index (χ2n) is 4.33. The van der Waals surface area contributed by atoms with Crippen molar-refractivity contribution in [2.45, 2.75) is 26.2 Å². The number of fused-ring (bicyclic) bond motifs is 1. The van der Waals surface area contributed by atoms with E-state index in [1.54, 1.807) is 14.2 Å². The van der Waals surface area contributed by atoms with Gasteiger partial charge in [-0.1, -0.05) is 0 Å². The smallest absolute Gasteiger partial charge is 0.176 e. The van der Waals surface area contributed by atoms with Crippen molar-refractivity contribution in [3.8, 4) is 0 Å². The number of rotatable bonds is 5. The van der Waals surface area contributed by atoms with Gasteiger partial charge in [0.25, 0.3) is 0 Å². The summed E-state index contributed by atoms with van der Waals surface area (Å²) in [5, 5.41) is 3.35. The van der Waals surface area contributed by atoms with Crippen LogP contribution in [0.15, 0.2) is 18.2 Å². The van der Waals surface area contributed by atoms with Crippen molar-refractivity contribution in [2.24, 2.45) is 0 Å². The number of H-pyrrole nitrogens is 1. The number of aromatic nitrogens is 2. The van der Waals surface area contributed by atoms with E-state index in [9.17, 15) is 0 Å². The Balaban J connectivity index is 2.16. The third kappa shape index (κ3) is 2.63. The van der Waals surface area contributed by atoms with Gasteiger partial charge >= 0.3 is 0 Å². The SMILES string of the molecule is COC(OC)C(C)Nc1ccc2nc(C)[nH]c2c1. The molecule has 2 rings (SSSR count). The van der Waals surface area contributed by atoms with Gasteiger partial charge in [-0.2, -0.15) is 0 Å². The van der Waals surface area contributed by atoms with Gasteiger partial charge in [-0.05, 0) is 32.0 Å². The van der Waals surface area contributed by atoms with Crippen molar-refractivity contribution < 1.29 is 9.47 Å². The molecule has 0 fully saturated rings. The van der Waals surface area contributed by atoms with Gasteiger partial charge in [0.05, 0.1) is 17.1 Å². The topological polar surface area (TPSA) is 59.2 Å². The van der Waals surface area contributed by atoms with E-state index in [0.717, 1.165) is 22.5 Å². The largest absolute Gasteiger partial charge is 0.377 e. The van der Waals surface area contributed by atoms with Crippen LogP contribution in [0.4, 0.5) is 5.69 Å². The number of methoxy groups -OCH3 is 2. The molecule has 1 aromatic carbocycles. The number of aromatic amines is 1. The monoisotopic (exact) mass is 249 g/mol. The molecule has 2 aromatic rings. The molecule has 1 atom stereocenters. The molecule has 5 nitrogen and oxygen atoms in total. The van der Waals surface area contributed by atoms with E-state index in [1.165, 1.54) is 0 Å². The standard InChI is InChI=1S/C13H19N3O2/c1-8(13(17-3)18-4)14-10-5-6-11-12(7-10)16-9(2)15-11/h5-8,13-14H,1-4H3,(H,15,16). The minimum atomic E-state index is -0.274. The van der Waals surface area contributed by atoms with Crippen LogP contribution in [0, 0.1) is 6.92 Å². The summed E-state index contributed by atoms with van der Waals surface area (Å²) in [6.07, 6.45) is -0.274. The van der Waals surface area contributed by atoms with Gasteiger partial charge < -0.3 is 19.8 Å². The lowest BCUT2D eigenvalue weighted by molar-refractivity contribution is -0.109. The molecule has 1 unspecified atom stereocenters. The highest BCUT2D eigenvalue weighted by Gasteiger charge is 2.15. The van der Waals surface area contributed by atoms with Crippen molar-refractivity contribution in [2.75, 3.05) is 19.5 Å². The number of imidazole rings is 1. The lowest BCUT2D eigenvalue weighted by atomic mass is 10.2. The first-order valence-electron chi connectivity index (χ1n) is 5.92. The Hall–Kier alpha value is -1.59. The van der Waals surface area contributed by atoms with Crippen LogP contribution in [0.1, 0.15) is 12.7 Å². The molecule has 0 aliphatic rings. The molecule has 0 amide bonds. The molecule has 1 heterocycles. The van der Waals surface area contributed by atoms with Crippen LogP contribution >= 0.6 is 0 Å². The first-order valence-corrected chi connectivity index (χ1v) is 5.92. The third-order valence-corrected chi connectivity index (χ3v) is 2.87. The van der Waals surface area contributed by atoms with Crippen LogP contribution < -0.4 is 5.32 Å². The highest BCUT2D eigenvalue weighted by atomic mass is 16.7. The zero-order chi connectivity index (χ0) is 13.1. The fourth-order valence-corrected chi connectivity index (χ4v) is 2.06. The Morgan fingerprint density at radius 1 is 1.28 bits per heavy atom. The molecule has 0 radical (unpaired) electrons. The van der Waals surface area contributed by atoms with Crippen molar-refractivity contribution in [3.05, 3.63) is 24.0 Å². The van der Waals surface area contributed by atoms with Crippen LogP contribution in [0.3, 0.4) is 0 Å². The second-order valence-corrected chi connectivity index (χ2v) is 4.33. The summed E-state index contributed by atoms with van der Waals surface area (Å²) in [6.45, 7) is 3.96. The van der Waals surface area contributed by atoms with E-state index < -0.39 is 0 Å². The molecule has 2 N–H and O–H groups in total. The molecule has 0 aliphatic heterocycles. The fourth-order valence-electron chi connectivity index (χ4n) is 2.06. The minimum Gasteiger partial charge on any atom is -0.377 e. The molecule has 0 saturated heterocycles. The van der Waals surface area contributed by atoms with E-state index in [-0.39, 0.29) is 12.3 Å². The highest BCUT2D eigenvalue weighted by molar-refractivity contribution is 5.79. The number of hydrogen-bond donors (Lipinski definition) is 2. The quantitative estimate of drug-likeness (QED) is 0.798. The number of anilines is 1. The van der Waals surface area contributed by atoms with Gasteiger partial charge in [0.15, 0.2) is 6.29 Å². The maximum atomic E-state index is 5.22. The first kappa shape index (κ1) is 12.9. The van der Waals surface area contributed by atoms with E-state index in [4.69, 9.17) is 9.47 Å². The molecule has 18 heavy (non-hydrogen) atoms. The van der Waals surface area contributed by atoms with Gasteiger partial charge in [-0.15, -0.1) is 0 Å². The predicted octanol–water partition coefficient (Wildman–Crippen LogP) is 2.29. The van der Waals surface area contributed by atoms with Gasteiger partial charge in [0, 0.05) is 19.9 Å². The van der Waals surface area contributed by atoms with Gasteiger partial charge in [-0.3, -0.25) is 0 Å². The third-order valence-electron chi connectivity index (χ3n) is 2.87. The predicted molar refractivity (Wildman–Crippen MR) is 71.7 cm³/mol. The van der Waals surface area contributed by atoms with Crippen LogP contribution in [-0.2, 0) is 9.47 Å². The van der Waals surface area contributed by atoms with Crippen molar-refractivity contribution in [1.82, 2.24) is 9.97 Å². The number of nitrogens with one attached hydrogen (secondary N) is 2. The average Bonchev–Trinajstić information content (AvgIpc) is 2.70. The second kappa shape index (κ2) is 5.37. The van der Waals surface area contributed by atoms with Crippen LogP contribution in [-0.4, -0.2) is 36.5 Å². The number of ether oxygens (including phenoxy) is 2. The maximum absolute atomic E-state index is 5.22. The number of nitrogens with zero attached hydrogens (tertiary/aromatic N) is 1. The number of benzene rings is 1. The summed E-state index contributed by atoms with van der Waals surface area (Å²) in [4.78, 5) is 7.58. The normalized spacial score (nSPS) is 13.2. The summed E-state index contributed by atoms with van der Waals surface area (Å²) < 4.78 is 10.4. The van der Waals surface area contributed by atoms with Crippen molar-refractivity contribution in [1.29, 1.82) is 0 Å². The van der Waals surface area contributed by atoms with Crippen molar-refractivity contribution >= 4 is 16.7 Å². The lowest BCUT2D eigenvalue weighted by Crippen LogP contribution is -2.33. The lowest BCUT2D eigenvalue weighted by Gasteiger charge is -2.23. The average molecular weight is 249 g/mol. The zero-order valence-electron chi connectivity index (χ0n) is 11.2. The van der Waals surface area contributed by atoms with E-state index in [2.05, 4.69) is 15.3 Å².